The first-order valence-corrected chi connectivity index (χ1v) is 83.4. The van der Waals surface area contributed by atoms with Crippen molar-refractivity contribution in [3.8, 4) is 0 Å². The summed E-state index contributed by atoms with van der Waals surface area (Å²) in [5, 5.41) is 4.89. The third-order valence-corrected chi connectivity index (χ3v) is 92.4. The maximum absolute atomic E-state index is 4.47. The van der Waals surface area contributed by atoms with Gasteiger partial charge in [-0.3, -0.25) is 0 Å². The van der Waals surface area contributed by atoms with Crippen LogP contribution in [-0.4, -0.2) is 130 Å². The molecule has 0 fully saturated rings. The molecule has 0 aliphatic heterocycles. The van der Waals surface area contributed by atoms with Crippen molar-refractivity contribution >= 4 is 135 Å². The van der Waals surface area contributed by atoms with Crippen LogP contribution in [0.4, 0.5) is 0 Å². The van der Waals surface area contributed by atoms with Gasteiger partial charge in [-0.15, -0.1) is 0 Å². The zero-order chi connectivity index (χ0) is 58.6. The predicted octanol–water partition coefficient (Wildman–Crippen LogP) is 19.9. The van der Waals surface area contributed by atoms with Gasteiger partial charge >= 0.3 is 489 Å². The van der Waals surface area contributed by atoms with E-state index in [0.717, 1.165) is 5.16 Å². The minimum atomic E-state index is -2.28. The van der Waals surface area contributed by atoms with E-state index in [4.69, 9.17) is 0 Å². The molecule has 0 nitrogen and oxygen atoms in total. The van der Waals surface area contributed by atoms with E-state index in [-0.39, 0.29) is 0 Å². The van der Waals surface area contributed by atoms with Gasteiger partial charge in [0.2, 0.25) is 0 Å². The van der Waals surface area contributed by atoms with E-state index in [9.17, 15) is 0 Å². The molecule has 15 heteroatoms. The Kier molecular flexibility index (Phi) is 22.0. The normalized spacial score (nSPS) is 15.5. The zero-order valence-electron chi connectivity index (χ0n) is 56.8. The number of benzene rings is 2. The molecule has 0 N–H and O–H groups in total. The summed E-state index contributed by atoms with van der Waals surface area (Å²) in [6.07, 6.45) is 0. The first kappa shape index (κ1) is 71.4. The molecule has 0 amide bonds. The van der Waals surface area contributed by atoms with Crippen LogP contribution in [0, 0.1) is 0 Å². The second kappa shape index (κ2) is 22.5. The molecule has 2 aromatic rings. The summed E-state index contributed by atoms with van der Waals surface area (Å²) in [7, 11) is -22.5. The Balaban J connectivity index is 3.99. The summed E-state index contributed by atoms with van der Waals surface area (Å²) in [6.45, 7) is 109. The van der Waals surface area contributed by atoms with Crippen molar-refractivity contribution in [2.75, 3.05) is 0 Å². The first-order chi connectivity index (χ1) is 31.4. The first-order valence-electron chi connectivity index (χ1n) is 29.3. The van der Waals surface area contributed by atoms with Gasteiger partial charge in [0.1, 0.15) is 0 Å². The molecule has 0 aliphatic carbocycles. The van der Waals surface area contributed by atoms with E-state index in [1.54, 1.807) is 5.56 Å². The summed E-state index contributed by atoms with van der Waals surface area (Å²) in [5.41, 5.74) is 13.2. The fourth-order valence-corrected chi connectivity index (χ4v) is 123. The molecule has 0 unspecified atom stereocenters. The average Bonchev–Trinajstić information content (AvgIpc) is 2.97. The summed E-state index contributed by atoms with van der Waals surface area (Å²) < 4.78 is 2.32. The monoisotopic (exact) mass is 1340 g/mol. The number of rotatable bonds is 22. The molecule has 0 aliphatic rings. The fourth-order valence-electron chi connectivity index (χ4n) is 19.5. The Bertz CT molecular complexity index is 2050. The third kappa shape index (κ3) is 16.1. The van der Waals surface area contributed by atoms with Crippen LogP contribution < -0.4 is 4.40 Å². The Morgan fingerprint density at radius 3 is 0.712 bits per heavy atom. The van der Waals surface area contributed by atoms with Gasteiger partial charge in [0, 0.05) is 0 Å². The van der Waals surface area contributed by atoms with E-state index in [1.807, 2.05) is 37.8 Å². The van der Waals surface area contributed by atoms with Crippen molar-refractivity contribution in [2.45, 2.75) is 291 Å². The molecule has 0 saturated heterocycles. The molecule has 0 atom stereocenters. The summed E-state index contributed by atoms with van der Waals surface area (Å²) in [6, 6.07) is 12.3. The molecule has 0 aromatic heterocycles. The molecule has 2 aromatic carbocycles. The summed E-state index contributed by atoms with van der Waals surface area (Å²) >= 11 is 2.19. The van der Waals surface area contributed by atoms with Crippen molar-refractivity contribution in [2.24, 2.45) is 0 Å². The van der Waals surface area contributed by atoms with Gasteiger partial charge in [0.05, 0.1) is 0 Å². The van der Waals surface area contributed by atoms with Crippen LogP contribution in [0.2, 0.25) is 255 Å². The average molecular weight is 1340 g/mol. The molecular weight excluding hydrogens is 1210 g/mol. The van der Waals surface area contributed by atoms with Crippen LogP contribution in [0.25, 0.3) is 0 Å². The zero-order valence-corrected chi connectivity index (χ0v) is 73.6. The number of hydrogen-bond donors (Lipinski definition) is 0. The molecular formula is C58H128GeSeSi13. The second-order valence-electron chi connectivity index (χ2n) is 38.1. The molecule has 0 heterocycles. The number of hydrogen-bond acceptors (Lipinski definition) is 0. The molecule has 0 bridgehead atoms. The van der Waals surface area contributed by atoms with Crippen molar-refractivity contribution in [1.82, 2.24) is 0 Å². The van der Waals surface area contributed by atoms with Crippen LogP contribution in [0.3, 0.4) is 0 Å². The summed E-state index contributed by atoms with van der Waals surface area (Å²) in [4.78, 5) is 0. The molecule has 73 heavy (non-hydrogen) atoms. The van der Waals surface area contributed by atoms with Crippen LogP contribution in [0.1, 0.15) is 64.8 Å². The Labute approximate surface area is 483 Å². The summed E-state index contributed by atoms with van der Waals surface area (Å²) in [5.74, 6) is 0. The van der Waals surface area contributed by atoms with Crippen molar-refractivity contribution in [3.63, 3.8) is 0 Å². The van der Waals surface area contributed by atoms with Gasteiger partial charge in [-0.2, -0.15) is 0 Å². The topological polar surface area (TPSA) is 0 Å². The van der Waals surface area contributed by atoms with E-state index in [1.165, 1.54) is 5.25 Å². The van der Waals surface area contributed by atoms with Gasteiger partial charge < -0.3 is 0 Å². The molecule has 0 radical (unpaired) electrons. The van der Waals surface area contributed by atoms with Gasteiger partial charge in [-0.1, -0.05) is 0 Å². The van der Waals surface area contributed by atoms with Gasteiger partial charge in [-0.25, -0.2) is 0 Å². The van der Waals surface area contributed by atoms with Crippen LogP contribution in [-0.2, 0) is 9.54 Å². The van der Waals surface area contributed by atoms with E-state index < -0.39 is 117 Å². The molecule has 0 spiro atoms. The molecule has 422 valence electrons. The Morgan fingerprint density at radius 2 is 0.521 bits per heavy atom. The predicted molar refractivity (Wildman–Crippen MR) is 387 cm³/mol. The molecule has 2 rings (SSSR count). The Hall–Kier alpha value is 2.32. The van der Waals surface area contributed by atoms with Crippen LogP contribution >= 0.6 is 0 Å². The Morgan fingerprint density at radius 1 is 0.315 bits per heavy atom. The quantitative estimate of drug-likeness (QED) is 0.103. The van der Waals surface area contributed by atoms with Gasteiger partial charge in [-0.05, 0) is 0 Å². The van der Waals surface area contributed by atoms with Crippen molar-refractivity contribution < 1.29 is 0 Å². The standard InChI is InChI=1S/C58H128GeSeSi13/c1-61(2,3)53(62(4,5)6)45-40-47(54(63(7,8)9)64(10,11)12)51(48(41-45)55(65(13,14)15)66(16,17)18)44-59(60)52-49(56(67(19,20)21)68(22,23)24)42-46(43-50(52)57(69(25,26)27)70(28,29)30)58(71(31,32)33,72(34,35)36)73(37,38)39/h40-43,53-57H,44H2,1-39H3. The minimum absolute atomic E-state index is 0.336. The third-order valence-electron chi connectivity index (χ3n) is 17.2. The van der Waals surface area contributed by atoms with Gasteiger partial charge in [0.25, 0.3) is 0 Å². The van der Waals surface area contributed by atoms with Crippen LogP contribution in [0.15, 0.2) is 24.3 Å². The molecule has 0 saturated carbocycles. The second-order valence-corrected chi connectivity index (χ2v) is 120. The maximum atomic E-state index is 4.47. The van der Waals surface area contributed by atoms with Gasteiger partial charge in [0.15, 0.2) is 0 Å². The SMILES string of the molecule is C[Si](C)(C)C(c1cc(C([Si](C)(C)C)[Si](C)(C)C)c([CH2][Ge](=[Se])[c]2c(C([Si](C)(C)C)[Si](C)(C)C)cc(C([Si](C)(C)C)([Si](C)(C)C)[Si](C)(C)C)cc2C([Si](C)(C)C)[Si](C)(C)C)c(C([Si](C)(C)C)[Si](C)(C)C)c1)[Si](C)(C)C. The van der Waals surface area contributed by atoms with Crippen molar-refractivity contribution in [3.05, 3.63) is 63.2 Å². The van der Waals surface area contributed by atoms with Crippen molar-refractivity contribution in [1.29, 1.82) is 0 Å². The fraction of sp³-hybridized carbons (Fsp3) is 0.793. The van der Waals surface area contributed by atoms with E-state index in [0.29, 0.717) is 24.9 Å². The van der Waals surface area contributed by atoms with E-state index in [2.05, 4.69) is 293 Å². The van der Waals surface area contributed by atoms with Crippen LogP contribution in [0.5, 0.6) is 0 Å². The van der Waals surface area contributed by atoms with E-state index >= 15 is 0 Å².